The van der Waals surface area contributed by atoms with Gasteiger partial charge in [-0.3, -0.25) is 18.7 Å². The molecule has 8 heteroatoms. The first-order chi connectivity index (χ1) is 13.3. The Morgan fingerprint density at radius 2 is 1.82 bits per heavy atom. The monoisotopic (exact) mass is 384 g/mol. The normalized spacial score (nSPS) is 12.3. The third-order valence-electron chi connectivity index (χ3n) is 4.71. The molecule has 2 heterocycles. The second-order valence-electron chi connectivity index (χ2n) is 6.87. The number of carbonyl (C=O) groups excluding carboxylic acids is 1. The number of ether oxygens (including phenoxy) is 1. The van der Waals surface area contributed by atoms with Crippen LogP contribution in [0.15, 0.2) is 46.0 Å². The summed E-state index contributed by atoms with van der Waals surface area (Å²) in [7, 11) is 4.59. The van der Waals surface area contributed by atoms with Gasteiger partial charge in [-0.1, -0.05) is 30.3 Å². The van der Waals surface area contributed by atoms with E-state index in [1.54, 1.807) is 24.8 Å². The Labute approximate surface area is 162 Å². The van der Waals surface area contributed by atoms with Gasteiger partial charge in [-0.05, 0) is 18.6 Å². The summed E-state index contributed by atoms with van der Waals surface area (Å²) in [4.78, 5) is 38.0. The van der Waals surface area contributed by atoms with E-state index in [-0.39, 0.29) is 11.9 Å². The Morgan fingerprint density at radius 3 is 2.46 bits per heavy atom. The Hall–Kier alpha value is -3.13. The predicted octanol–water partition coefficient (Wildman–Crippen LogP) is 0.852. The van der Waals surface area contributed by atoms with Crippen molar-refractivity contribution >= 4 is 16.9 Å². The zero-order valence-electron chi connectivity index (χ0n) is 16.4. The van der Waals surface area contributed by atoms with Gasteiger partial charge in [-0.15, -0.1) is 0 Å². The van der Waals surface area contributed by atoms with Gasteiger partial charge in [0.05, 0.1) is 12.0 Å². The molecule has 0 aliphatic rings. The smallest absolute Gasteiger partial charge is 0.332 e. The van der Waals surface area contributed by atoms with E-state index in [9.17, 15) is 14.4 Å². The van der Waals surface area contributed by atoms with Crippen molar-refractivity contribution in [2.45, 2.75) is 19.5 Å². The van der Waals surface area contributed by atoms with Gasteiger partial charge in [-0.25, -0.2) is 4.79 Å². The summed E-state index contributed by atoms with van der Waals surface area (Å²) in [6.45, 7) is 2.55. The number of carbonyl (C=O) groups is 1. The van der Waals surface area contributed by atoms with Crippen molar-refractivity contribution in [3.63, 3.8) is 0 Å². The van der Waals surface area contributed by atoms with E-state index < -0.39 is 11.2 Å². The van der Waals surface area contributed by atoms with Crippen molar-refractivity contribution in [3.8, 4) is 0 Å². The van der Waals surface area contributed by atoms with Gasteiger partial charge in [-0.2, -0.15) is 0 Å². The number of fused-ring (bicyclic) bond motifs is 1. The molecule has 0 aliphatic carbocycles. The van der Waals surface area contributed by atoms with Crippen molar-refractivity contribution < 1.29 is 9.53 Å². The fourth-order valence-corrected chi connectivity index (χ4v) is 3.34. The maximum absolute atomic E-state index is 12.9. The molecular weight excluding hydrogens is 360 g/mol. The van der Waals surface area contributed by atoms with Crippen LogP contribution in [0, 0.1) is 0 Å². The maximum Gasteiger partial charge on any atom is 0.332 e. The van der Waals surface area contributed by atoms with Crippen LogP contribution >= 0.6 is 0 Å². The number of hydrogen-bond donors (Lipinski definition) is 1. The molecule has 148 valence electrons. The summed E-state index contributed by atoms with van der Waals surface area (Å²) < 4.78 is 9.23. The highest BCUT2D eigenvalue weighted by atomic mass is 16.5. The van der Waals surface area contributed by atoms with Gasteiger partial charge >= 0.3 is 5.69 Å². The number of hydrogen-bond acceptors (Lipinski definition) is 4. The van der Waals surface area contributed by atoms with Crippen LogP contribution in [-0.4, -0.2) is 39.4 Å². The highest BCUT2D eigenvalue weighted by molar-refractivity contribution is 5.98. The molecule has 0 saturated carbocycles. The van der Waals surface area contributed by atoms with Crippen molar-refractivity contribution in [2.75, 3.05) is 13.7 Å². The number of benzene rings is 1. The average molecular weight is 384 g/mol. The van der Waals surface area contributed by atoms with Crippen LogP contribution in [0.1, 0.15) is 23.0 Å². The van der Waals surface area contributed by atoms with Crippen LogP contribution in [0.2, 0.25) is 0 Å². The first kappa shape index (κ1) is 19.6. The highest BCUT2D eigenvalue weighted by Crippen LogP contribution is 2.18. The fraction of sp³-hybridized carbons (Fsp3) is 0.350. The minimum atomic E-state index is -0.440. The van der Waals surface area contributed by atoms with E-state index >= 15 is 0 Å². The molecule has 1 atom stereocenters. The van der Waals surface area contributed by atoms with Crippen LogP contribution in [0.3, 0.4) is 0 Å². The highest BCUT2D eigenvalue weighted by Gasteiger charge is 2.22. The summed E-state index contributed by atoms with van der Waals surface area (Å²) in [5, 5.41) is 3.20. The van der Waals surface area contributed by atoms with E-state index in [1.807, 2.05) is 37.3 Å². The standard InChI is InChI=1S/C20H24N4O4/c1-13(12-28-4)21-17(25)16-10-15-18(22(2)20(27)23(3)19(15)26)24(16)11-14-8-6-5-7-9-14/h5-10,13H,11-12H2,1-4H3,(H,21,25). The minimum absolute atomic E-state index is 0.202. The Bertz CT molecular complexity index is 1130. The van der Waals surface area contributed by atoms with Gasteiger partial charge < -0.3 is 14.6 Å². The van der Waals surface area contributed by atoms with Gasteiger partial charge in [0, 0.05) is 33.8 Å². The molecule has 0 saturated heterocycles. The average Bonchev–Trinajstić information content (AvgIpc) is 3.05. The van der Waals surface area contributed by atoms with Crippen molar-refractivity contribution in [1.82, 2.24) is 19.0 Å². The van der Waals surface area contributed by atoms with Gasteiger partial charge in [0.15, 0.2) is 0 Å². The number of amides is 1. The molecule has 0 bridgehead atoms. The minimum Gasteiger partial charge on any atom is -0.383 e. The summed E-state index contributed by atoms with van der Waals surface area (Å²) in [5.74, 6) is -0.328. The molecule has 1 amide bonds. The molecular formula is C20H24N4O4. The Balaban J connectivity index is 2.22. The lowest BCUT2D eigenvalue weighted by Gasteiger charge is -2.16. The number of aryl methyl sites for hydroxylation is 1. The second kappa shape index (κ2) is 7.85. The zero-order chi connectivity index (χ0) is 20.4. The Morgan fingerprint density at radius 1 is 1.14 bits per heavy atom. The summed E-state index contributed by atoms with van der Waals surface area (Å²) >= 11 is 0. The van der Waals surface area contributed by atoms with Crippen LogP contribution in [0.5, 0.6) is 0 Å². The lowest BCUT2D eigenvalue weighted by atomic mass is 10.2. The second-order valence-corrected chi connectivity index (χ2v) is 6.87. The first-order valence-corrected chi connectivity index (χ1v) is 8.98. The van der Waals surface area contributed by atoms with Gasteiger partial charge in [0.2, 0.25) is 0 Å². The third-order valence-corrected chi connectivity index (χ3v) is 4.71. The van der Waals surface area contributed by atoms with Gasteiger partial charge in [0.25, 0.3) is 11.5 Å². The molecule has 1 aromatic carbocycles. The molecule has 0 aliphatic heterocycles. The number of rotatable bonds is 6. The molecule has 1 unspecified atom stereocenters. The first-order valence-electron chi connectivity index (χ1n) is 8.98. The lowest BCUT2D eigenvalue weighted by molar-refractivity contribution is 0.0897. The molecule has 28 heavy (non-hydrogen) atoms. The zero-order valence-corrected chi connectivity index (χ0v) is 16.4. The molecule has 0 radical (unpaired) electrons. The third kappa shape index (κ3) is 3.50. The molecule has 2 aromatic heterocycles. The summed E-state index contributed by atoms with van der Waals surface area (Å²) in [6, 6.07) is 10.9. The molecule has 3 aromatic rings. The predicted molar refractivity (Wildman–Crippen MR) is 107 cm³/mol. The number of nitrogens with one attached hydrogen (secondary N) is 1. The summed E-state index contributed by atoms with van der Waals surface area (Å²) in [5.41, 5.74) is 0.822. The van der Waals surface area contributed by atoms with Crippen LogP contribution in [0.25, 0.3) is 11.0 Å². The van der Waals surface area contributed by atoms with E-state index in [1.165, 1.54) is 11.6 Å². The number of aromatic nitrogens is 3. The van der Waals surface area contributed by atoms with E-state index in [2.05, 4.69) is 5.32 Å². The van der Waals surface area contributed by atoms with Crippen LogP contribution in [-0.2, 0) is 25.4 Å². The van der Waals surface area contributed by atoms with Crippen LogP contribution in [0.4, 0.5) is 0 Å². The SMILES string of the molecule is COCC(C)NC(=O)c1cc2c(=O)n(C)c(=O)n(C)c2n1Cc1ccccc1. The quantitative estimate of drug-likeness (QED) is 0.683. The van der Waals surface area contributed by atoms with E-state index in [0.29, 0.717) is 29.9 Å². The maximum atomic E-state index is 12.9. The topological polar surface area (TPSA) is 87.3 Å². The lowest BCUT2D eigenvalue weighted by Crippen LogP contribution is -2.38. The molecule has 1 N–H and O–H groups in total. The van der Waals surface area contributed by atoms with Crippen molar-refractivity contribution in [1.29, 1.82) is 0 Å². The molecule has 0 fully saturated rings. The van der Waals surface area contributed by atoms with E-state index in [4.69, 9.17) is 4.74 Å². The summed E-state index contributed by atoms with van der Waals surface area (Å²) in [6.07, 6.45) is 0. The van der Waals surface area contributed by atoms with Crippen molar-refractivity contribution in [3.05, 3.63) is 68.5 Å². The fourth-order valence-electron chi connectivity index (χ4n) is 3.34. The van der Waals surface area contributed by atoms with Crippen LogP contribution < -0.4 is 16.6 Å². The molecule has 8 nitrogen and oxygen atoms in total. The van der Waals surface area contributed by atoms with Gasteiger partial charge in [0.1, 0.15) is 11.3 Å². The Kier molecular flexibility index (Phi) is 5.51. The number of methoxy groups -OCH3 is 1. The molecule has 3 rings (SSSR count). The molecule has 0 spiro atoms. The number of nitrogens with zero attached hydrogens (tertiary/aromatic N) is 3. The van der Waals surface area contributed by atoms with E-state index in [0.717, 1.165) is 10.1 Å². The van der Waals surface area contributed by atoms with Crippen molar-refractivity contribution in [2.24, 2.45) is 14.1 Å². The largest absolute Gasteiger partial charge is 0.383 e.